The smallest absolute Gasteiger partial charge is 0.340 e. The van der Waals surface area contributed by atoms with Crippen molar-refractivity contribution in [2.75, 3.05) is 7.05 Å². The highest BCUT2D eigenvalue weighted by atomic mass is 32.2. The molecular weight excluding hydrogens is 258 g/mol. The van der Waals surface area contributed by atoms with E-state index in [9.17, 15) is 13.2 Å². The zero-order valence-corrected chi connectivity index (χ0v) is 11.6. The zero-order chi connectivity index (χ0) is 14.1. The lowest BCUT2D eigenvalue weighted by molar-refractivity contribution is 0.0692. The molecule has 2 N–H and O–H groups in total. The van der Waals surface area contributed by atoms with Crippen LogP contribution in [0.2, 0.25) is 0 Å². The summed E-state index contributed by atoms with van der Waals surface area (Å²) in [6.45, 7) is 5.39. The van der Waals surface area contributed by atoms with Crippen LogP contribution >= 0.6 is 0 Å². The minimum atomic E-state index is -3.91. The lowest BCUT2D eigenvalue weighted by Gasteiger charge is -2.33. The molecule has 1 rings (SSSR count). The molecule has 18 heavy (non-hydrogen) atoms. The highest BCUT2D eigenvalue weighted by Crippen LogP contribution is 2.25. The quantitative estimate of drug-likeness (QED) is 0.831. The van der Waals surface area contributed by atoms with E-state index in [4.69, 9.17) is 5.11 Å². The maximum Gasteiger partial charge on any atom is 0.340 e. The molecule has 0 fully saturated rings. The number of sulfonamides is 1. The number of carboxylic acid groups (broad SMARTS) is 1. The number of aromatic nitrogens is 2. The van der Waals surface area contributed by atoms with Gasteiger partial charge in [-0.2, -0.15) is 9.40 Å². The van der Waals surface area contributed by atoms with Crippen molar-refractivity contribution in [3.8, 4) is 0 Å². The van der Waals surface area contributed by atoms with Gasteiger partial charge in [0.2, 0.25) is 0 Å². The van der Waals surface area contributed by atoms with E-state index < -0.39 is 21.5 Å². The van der Waals surface area contributed by atoms with Gasteiger partial charge < -0.3 is 5.11 Å². The van der Waals surface area contributed by atoms with E-state index >= 15 is 0 Å². The van der Waals surface area contributed by atoms with Crippen molar-refractivity contribution in [3.63, 3.8) is 0 Å². The Morgan fingerprint density at radius 2 is 2.11 bits per heavy atom. The molecule has 1 heterocycles. The molecule has 1 aromatic heterocycles. The second-order valence-electron chi connectivity index (χ2n) is 4.56. The van der Waals surface area contributed by atoms with Crippen LogP contribution in [-0.4, -0.2) is 46.6 Å². The number of aromatic amines is 1. The molecule has 0 amide bonds. The Labute approximate surface area is 106 Å². The maximum absolute atomic E-state index is 12.3. The topological polar surface area (TPSA) is 103 Å². The molecule has 0 saturated heterocycles. The van der Waals surface area contributed by atoms with Crippen LogP contribution in [0.15, 0.2) is 11.2 Å². The number of aromatic carboxylic acids is 1. The minimum Gasteiger partial charge on any atom is -0.478 e. The zero-order valence-electron chi connectivity index (χ0n) is 10.8. The Bertz CT molecular complexity index is 547. The first-order valence-corrected chi connectivity index (χ1v) is 6.84. The predicted molar refractivity (Wildman–Crippen MR) is 64.9 cm³/mol. The molecule has 102 valence electrons. The van der Waals surface area contributed by atoms with Gasteiger partial charge in [-0.15, -0.1) is 0 Å². The standard InChI is InChI=1S/C10H17N3O4S/c1-5-10(2,3)13(4)18(16,17)8-7(9(14)15)6-11-12-8/h6H,5H2,1-4H3,(H,11,12)(H,14,15). The van der Waals surface area contributed by atoms with Crippen molar-refractivity contribution in [2.24, 2.45) is 0 Å². The molecule has 0 bridgehead atoms. The predicted octanol–water partition coefficient (Wildman–Crippen LogP) is 0.917. The normalized spacial score (nSPS) is 12.9. The first-order chi connectivity index (χ1) is 8.14. The summed E-state index contributed by atoms with van der Waals surface area (Å²) < 4.78 is 25.8. The molecule has 0 aliphatic heterocycles. The number of carbonyl (C=O) groups is 1. The summed E-state index contributed by atoms with van der Waals surface area (Å²) in [5.41, 5.74) is -0.964. The second kappa shape index (κ2) is 4.69. The van der Waals surface area contributed by atoms with E-state index in [2.05, 4.69) is 10.2 Å². The number of nitrogens with one attached hydrogen (secondary N) is 1. The first kappa shape index (κ1) is 14.7. The summed E-state index contributed by atoms with van der Waals surface area (Å²) in [6, 6.07) is 0. The third-order valence-electron chi connectivity index (χ3n) is 3.17. The van der Waals surface area contributed by atoms with Crippen LogP contribution < -0.4 is 0 Å². The van der Waals surface area contributed by atoms with Gasteiger partial charge in [0.15, 0.2) is 5.03 Å². The van der Waals surface area contributed by atoms with E-state index in [0.717, 1.165) is 10.5 Å². The fraction of sp³-hybridized carbons (Fsp3) is 0.600. The van der Waals surface area contributed by atoms with E-state index in [1.165, 1.54) is 7.05 Å². The van der Waals surface area contributed by atoms with Gasteiger partial charge in [-0.1, -0.05) is 6.92 Å². The highest BCUT2D eigenvalue weighted by molar-refractivity contribution is 7.89. The van der Waals surface area contributed by atoms with Crippen LogP contribution in [0.3, 0.4) is 0 Å². The summed E-state index contributed by atoms with van der Waals surface area (Å²) in [5.74, 6) is -1.33. The maximum atomic E-state index is 12.3. The minimum absolute atomic E-state index is 0.353. The summed E-state index contributed by atoms with van der Waals surface area (Å²) in [4.78, 5) is 10.9. The monoisotopic (exact) mass is 275 g/mol. The van der Waals surface area contributed by atoms with Crippen LogP contribution in [0, 0.1) is 0 Å². The number of nitrogens with zero attached hydrogens (tertiary/aromatic N) is 2. The van der Waals surface area contributed by atoms with Gasteiger partial charge in [-0.25, -0.2) is 13.2 Å². The van der Waals surface area contributed by atoms with Gasteiger partial charge in [0.05, 0.1) is 6.20 Å². The van der Waals surface area contributed by atoms with Crippen LogP contribution in [0.4, 0.5) is 0 Å². The molecule has 1 aromatic rings. The van der Waals surface area contributed by atoms with Gasteiger partial charge in [-0.05, 0) is 20.3 Å². The number of hydrogen-bond acceptors (Lipinski definition) is 4. The third-order valence-corrected chi connectivity index (χ3v) is 5.21. The fourth-order valence-electron chi connectivity index (χ4n) is 1.31. The number of H-pyrrole nitrogens is 1. The van der Waals surface area contributed by atoms with Crippen molar-refractivity contribution in [1.29, 1.82) is 0 Å². The van der Waals surface area contributed by atoms with Gasteiger partial charge in [0, 0.05) is 12.6 Å². The largest absolute Gasteiger partial charge is 0.478 e. The van der Waals surface area contributed by atoms with E-state index in [-0.39, 0.29) is 10.6 Å². The highest BCUT2D eigenvalue weighted by Gasteiger charge is 2.36. The van der Waals surface area contributed by atoms with Crippen LogP contribution in [0.5, 0.6) is 0 Å². The first-order valence-electron chi connectivity index (χ1n) is 5.40. The fourth-order valence-corrected chi connectivity index (χ4v) is 2.95. The van der Waals surface area contributed by atoms with Crippen molar-refractivity contribution < 1.29 is 18.3 Å². The average Bonchev–Trinajstić information content (AvgIpc) is 2.77. The van der Waals surface area contributed by atoms with Crippen LogP contribution in [0.25, 0.3) is 0 Å². The molecule has 0 saturated carbocycles. The number of carboxylic acids is 1. The lowest BCUT2D eigenvalue weighted by atomic mass is 10.0. The SMILES string of the molecule is CCC(C)(C)N(C)S(=O)(=O)c1[nH]ncc1C(=O)O. The average molecular weight is 275 g/mol. The van der Waals surface area contributed by atoms with Gasteiger partial charge >= 0.3 is 5.97 Å². The Hall–Kier alpha value is -1.41. The van der Waals surface area contributed by atoms with E-state index in [1.807, 2.05) is 6.92 Å². The molecule has 0 aliphatic rings. The molecule has 0 atom stereocenters. The molecule has 0 unspecified atom stereocenters. The summed E-state index contributed by atoms with van der Waals surface area (Å²) >= 11 is 0. The van der Waals surface area contributed by atoms with Crippen molar-refractivity contribution in [3.05, 3.63) is 11.8 Å². The summed E-state index contributed by atoms with van der Waals surface area (Å²) in [7, 11) is -2.48. The van der Waals surface area contributed by atoms with E-state index in [0.29, 0.717) is 6.42 Å². The molecular formula is C10H17N3O4S. The lowest BCUT2D eigenvalue weighted by Crippen LogP contribution is -2.44. The number of rotatable bonds is 5. The Balaban J connectivity index is 3.31. The molecule has 0 aliphatic carbocycles. The van der Waals surface area contributed by atoms with Crippen LogP contribution in [-0.2, 0) is 10.0 Å². The molecule has 0 aromatic carbocycles. The molecule has 0 radical (unpaired) electrons. The van der Waals surface area contributed by atoms with Gasteiger partial charge in [0.25, 0.3) is 10.0 Å². The van der Waals surface area contributed by atoms with Crippen molar-refractivity contribution in [2.45, 2.75) is 37.8 Å². The van der Waals surface area contributed by atoms with Crippen LogP contribution in [0.1, 0.15) is 37.6 Å². The molecule has 7 nitrogen and oxygen atoms in total. The van der Waals surface area contributed by atoms with E-state index in [1.54, 1.807) is 13.8 Å². The molecule has 8 heteroatoms. The number of hydrogen-bond donors (Lipinski definition) is 2. The van der Waals surface area contributed by atoms with Gasteiger partial charge in [0.1, 0.15) is 5.56 Å². The van der Waals surface area contributed by atoms with Gasteiger partial charge in [-0.3, -0.25) is 5.10 Å². The summed E-state index contributed by atoms with van der Waals surface area (Å²) in [5, 5.41) is 14.3. The molecule has 0 spiro atoms. The Morgan fingerprint density at radius 3 is 2.56 bits per heavy atom. The summed E-state index contributed by atoms with van der Waals surface area (Å²) in [6.07, 6.45) is 1.58. The second-order valence-corrected chi connectivity index (χ2v) is 6.46. The third kappa shape index (κ3) is 2.39. The van der Waals surface area contributed by atoms with Crippen molar-refractivity contribution >= 4 is 16.0 Å². The Morgan fingerprint density at radius 1 is 1.56 bits per heavy atom. The Kier molecular flexibility index (Phi) is 3.82. The van der Waals surface area contributed by atoms with Crippen molar-refractivity contribution in [1.82, 2.24) is 14.5 Å².